The van der Waals surface area contributed by atoms with Gasteiger partial charge in [0, 0.05) is 10.6 Å². The van der Waals surface area contributed by atoms with Crippen molar-refractivity contribution in [3.8, 4) is 6.07 Å². The Balaban J connectivity index is 2.07. The monoisotopic (exact) mass is 286 g/mol. The van der Waals surface area contributed by atoms with Gasteiger partial charge in [-0.2, -0.15) is 5.26 Å². The highest BCUT2D eigenvalue weighted by Crippen LogP contribution is 2.30. The molecule has 0 aliphatic rings. The van der Waals surface area contributed by atoms with E-state index >= 15 is 0 Å². The van der Waals surface area contributed by atoms with Crippen LogP contribution in [0.1, 0.15) is 17.7 Å². The van der Waals surface area contributed by atoms with Crippen LogP contribution in [0.25, 0.3) is 0 Å². The van der Waals surface area contributed by atoms with Gasteiger partial charge in [0.15, 0.2) is 0 Å². The van der Waals surface area contributed by atoms with Gasteiger partial charge in [0.1, 0.15) is 11.3 Å². The van der Waals surface area contributed by atoms with Crippen LogP contribution < -0.4 is 5.32 Å². The molecule has 3 nitrogen and oxygen atoms in total. The van der Waals surface area contributed by atoms with Crippen molar-refractivity contribution in [2.45, 2.75) is 23.8 Å². The minimum atomic E-state index is -0.633. The minimum Gasteiger partial charge on any atom is -0.468 e. The van der Waals surface area contributed by atoms with Crippen molar-refractivity contribution in [3.05, 3.63) is 54.0 Å². The lowest BCUT2D eigenvalue weighted by molar-refractivity contribution is 0.456. The van der Waals surface area contributed by atoms with Crippen molar-refractivity contribution in [2.24, 2.45) is 0 Å². The summed E-state index contributed by atoms with van der Waals surface area (Å²) in [5, 5.41) is 12.8. The quantitative estimate of drug-likeness (QED) is 0.822. The predicted molar refractivity (Wildman–Crippen MR) is 81.6 cm³/mol. The van der Waals surface area contributed by atoms with E-state index in [1.807, 2.05) is 50.4 Å². The van der Waals surface area contributed by atoms with Gasteiger partial charge in [-0.3, -0.25) is 5.32 Å². The lowest BCUT2D eigenvalue weighted by Gasteiger charge is -2.26. The molecular formula is C16H18N2OS. The van der Waals surface area contributed by atoms with Crippen LogP contribution in [-0.2, 0) is 5.54 Å². The molecular weight excluding hydrogens is 268 g/mol. The predicted octanol–water partition coefficient (Wildman–Crippen LogP) is 3.71. The normalized spacial score (nSPS) is 13.7. The summed E-state index contributed by atoms with van der Waals surface area (Å²) < 4.78 is 5.28. The van der Waals surface area contributed by atoms with Gasteiger partial charge in [-0.25, -0.2) is 0 Å². The third-order valence-electron chi connectivity index (χ3n) is 3.43. The summed E-state index contributed by atoms with van der Waals surface area (Å²) in [4.78, 5) is 1.14. The maximum Gasteiger partial charge on any atom is 0.132 e. The molecule has 0 saturated heterocycles. The molecule has 0 amide bonds. The average molecular weight is 286 g/mol. The summed E-state index contributed by atoms with van der Waals surface area (Å²) in [6, 6.07) is 14.3. The maximum atomic E-state index is 9.60. The second-order valence-electron chi connectivity index (χ2n) is 4.57. The first-order chi connectivity index (χ1) is 9.72. The zero-order valence-corrected chi connectivity index (χ0v) is 12.5. The first-order valence-corrected chi connectivity index (χ1v) is 7.53. The van der Waals surface area contributed by atoms with Crippen LogP contribution >= 0.6 is 11.8 Å². The number of hydrogen-bond donors (Lipinski definition) is 1. The lowest BCUT2D eigenvalue weighted by Crippen LogP contribution is -2.39. The van der Waals surface area contributed by atoms with Crippen molar-refractivity contribution in [1.82, 2.24) is 5.32 Å². The van der Waals surface area contributed by atoms with Gasteiger partial charge in [-0.1, -0.05) is 30.3 Å². The molecule has 1 unspecified atom stereocenters. The Morgan fingerprint density at radius 3 is 2.60 bits per heavy atom. The Labute approximate surface area is 124 Å². The van der Waals surface area contributed by atoms with Gasteiger partial charge >= 0.3 is 0 Å². The van der Waals surface area contributed by atoms with Gasteiger partial charge in [0.05, 0.1) is 12.3 Å². The molecule has 1 aromatic heterocycles. The highest BCUT2D eigenvalue weighted by molar-refractivity contribution is 7.99. The highest BCUT2D eigenvalue weighted by atomic mass is 32.2. The molecule has 0 aliphatic carbocycles. The van der Waals surface area contributed by atoms with Crippen LogP contribution in [-0.4, -0.2) is 12.8 Å². The fourth-order valence-electron chi connectivity index (χ4n) is 2.15. The molecule has 2 aromatic rings. The maximum absolute atomic E-state index is 9.60. The van der Waals surface area contributed by atoms with Crippen LogP contribution in [0.4, 0.5) is 0 Å². The number of furan rings is 1. The molecule has 0 bridgehead atoms. The summed E-state index contributed by atoms with van der Waals surface area (Å²) in [7, 11) is 1.84. The van der Waals surface area contributed by atoms with Crippen LogP contribution in [0.15, 0.2) is 52.0 Å². The van der Waals surface area contributed by atoms with Crippen molar-refractivity contribution < 1.29 is 4.42 Å². The fraction of sp³-hybridized carbons (Fsp3) is 0.312. The van der Waals surface area contributed by atoms with Gasteiger partial charge in [-0.05, 0) is 32.0 Å². The van der Waals surface area contributed by atoms with E-state index in [4.69, 9.17) is 4.42 Å². The first kappa shape index (κ1) is 14.7. The van der Waals surface area contributed by atoms with Crippen molar-refractivity contribution in [2.75, 3.05) is 12.8 Å². The summed E-state index contributed by atoms with van der Waals surface area (Å²) in [6.07, 6.45) is 2.43. The second kappa shape index (κ2) is 6.65. The number of aryl methyl sites for hydroxylation is 1. The number of benzene rings is 1. The molecule has 1 N–H and O–H groups in total. The lowest BCUT2D eigenvalue weighted by atomic mass is 9.89. The number of nitrogens with one attached hydrogen (secondary N) is 1. The molecule has 20 heavy (non-hydrogen) atoms. The van der Waals surface area contributed by atoms with Gasteiger partial charge in [0.25, 0.3) is 0 Å². The third kappa shape index (κ3) is 3.06. The van der Waals surface area contributed by atoms with Crippen molar-refractivity contribution in [3.63, 3.8) is 0 Å². The Hall–Kier alpha value is -1.70. The number of thioether (sulfide) groups is 1. The van der Waals surface area contributed by atoms with E-state index in [1.54, 1.807) is 18.0 Å². The first-order valence-electron chi connectivity index (χ1n) is 6.54. The second-order valence-corrected chi connectivity index (χ2v) is 5.71. The third-order valence-corrected chi connectivity index (χ3v) is 4.57. The Kier molecular flexibility index (Phi) is 4.89. The van der Waals surface area contributed by atoms with Gasteiger partial charge in [-0.15, -0.1) is 11.8 Å². The number of hydrogen-bond acceptors (Lipinski definition) is 4. The highest BCUT2D eigenvalue weighted by Gasteiger charge is 2.29. The number of rotatable bonds is 6. The summed E-state index contributed by atoms with van der Waals surface area (Å²) in [5.74, 6) is 1.78. The Morgan fingerprint density at radius 2 is 2.05 bits per heavy atom. The Morgan fingerprint density at radius 1 is 1.30 bits per heavy atom. The topological polar surface area (TPSA) is 49.0 Å². The summed E-state index contributed by atoms with van der Waals surface area (Å²) in [6.45, 7) is 1.95. The smallest absolute Gasteiger partial charge is 0.132 e. The fourth-order valence-corrected chi connectivity index (χ4v) is 3.18. The van der Waals surface area contributed by atoms with E-state index in [1.165, 1.54) is 0 Å². The van der Waals surface area contributed by atoms with Crippen LogP contribution in [0.2, 0.25) is 0 Å². The zero-order valence-electron chi connectivity index (χ0n) is 11.7. The van der Waals surface area contributed by atoms with Crippen LogP contribution in [0.5, 0.6) is 0 Å². The number of nitriles is 1. The van der Waals surface area contributed by atoms with Crippen molar-refractivity contribution in [1.29, 1.82) is 5.26 Å². The molecule has 1 atom stereocenters. The molecule has 0 saturated carbocycles. The van der Waals surface area contributed by atoms with E-state index in [-0.39, 0.29) is 0 Å². The van der Waals surface area contributed by atoms with E-state index in [9.17, 15) is 5.26 Å². The van der Waals surface area contributed by atoms with E-state index in [0.29, 0.717) is 0 Å². The summed E-state index contributed by atoms with van der Waals surface area (Å²) >= 11 is 1.72. The molecule has 0 spiro atoms. The average Bonchev–Trinajstić information content (AvgIpc) is 2.90. The van der Waals surface area contributed by atoms with Crippen LogP contribution in [0, 0.1) is 18.3 Å². The molecule has 104 valence electrons. The molecule has 4 heteroatoms. The molecule has 2 rings (SSSR count). The molecule has 0 fully saturated rings. The standard InChI is InChI=1S/C16H18N2OS/c1-13-15(8-10-19-13)20-11-9-16(12-17,18-2)14-6-4-3-5-7-14/h3-8,10,18H,9,11H2,1-2H3. The van der Waals surface area contributed by atoms with E-state index < -0.39 is 5.54 Å². The Bertz CT molecular complexity index is 588. The minimum absolute atomic E-state index is 0.633. The van der Waals surface area contributed by atoms with Gasteiger partial charge < -0.3 is 4.42 Å². The largest absolute Gasteiger partial charge is 0.468 e. The summed E-state index contributed by atoms with van der Waals surface area (Å²) in [5.41, 5.74) is 0.376. The van der Waals surface area contributed by atoms with E-state index in [0.717, 1.165) is 28.4 Å². The SMILES string of the molecule is CNC(C#N)(CCSc1ccoc1C)c1ccccc1. The van der Waals surface area contributed by atoms with E-state index in [2.05, 4.69) is 11.4 Å². The molecule has 1 heterocycles. The zero-order chi connectivity index (χ0) is 14.4. The van der Waals surface area contributed by atoms with Crippen molar-refractivity contribution >= 4 is 11.8 Å². The van der Waals surface area contributed by atoms with Gasteiger partial charge in [0.2, 0.25) is 0 Å². The molecule has 0 radical (unpaired) electrons. The van der Waals surface area contributed by atoms with Crippen LogP contribution in [0.3, 0.4) is 0 Å². The number of nitrogens with zero attached hydrogens (tertiary/aromatic N) is 1. The molecule has 1 aromatic carbocycles. The molecule has 0 aliphatic heterocycles.